The summed E-state index contributed by atoms with van der Waals surface area (Å²) in [5.74, 6) is 0. The summed E-state index contributed by atoms with van der Waals surface area (Å²) in [5, 5.41) is 67.8. The first-order valence-electron chi connectivity index (χ1n) is 7.46. The highest BCUT2D eigenvalue weighted by Crippen LogP contribution is 2.30. The van der Waals surface area contributed by atoms with Gasteiger partial charge < -0.3 is 54.7 Å². The summed E-state index contributed by atoms with van der Waals surface area (Å²) in [6.07, 6.45) is -14.0. The van der Waals surface area contributed by atoms with E-state index in [9.17, 15) is 30.6 Å². The second kappa shape index (κ2) is 8.29. The average molecular weight is 356 g/mol. The summed E-state index contributed by atoms with van der Waals surface area (Å²) in [6, 6.07) is 0. The summed E-state index contributed by atoms with van der Waals surface area (Å²) in [6.45, 7) is -1.28. The Morgan fingerprint density at radius 3 is 2.12 bits per heavy atom. The lowest BCUT2D eigenvalue weighted by atomic mass is 9.99. The Labute approximate surface area is 137 Å². The van der Waals surface area contributed by atoms with E-state index in [2.05, 4.69) is 0 Å². The van der Waals surface area contributed by atoms with Crippen LogP contribution in [0.3, 0.4) is 0 Å². The largest absolute Gasteiger partial charge is 0.394 e. The van der Waals surface area contributed by atoms with Gasteiger partial charge in [-0.15, -0.1) is 0 Å². The second-order valence-corrected chi connectivity index (χ2v) is 5.74. The number of rotatable bonds is 6. The Morgan fingerprint density at radius 1 is 0.917 bits per heavy atom. The van der Waals surface area contributed by atoms with Crippen LogP contribution in [-0.2, 0) is 18.9 Å². The molecule has 0 amide bonds. The monoisotopic (exact) mass is 356 g/mol. The minimum absolute atomic E-state index is 0.573. The van der Waals surface area contributed by atoms with Gasteiger partial charge in [0.25, 0.3) is 0 Å². The van der Waals surface area contributed by atoms with Crippen LogP contribution in [0.5, 0.6) is 0 Å². The molecule has 0 aromatic carbocycles. The smallest absolute Gasteiger partial charge is 0.187 e. The van der Waals surface area contributed by atoms with Crippen molar-refractivity contribution in [3.05, 3.63) is 0 Å². The molecule has 24 heavy (non-hydrogen) atoms. The fourth-order valence-electron chi connectivity index (χ4n) is 2.77. The van der Waals surface area contributed by atoms with Crippen molar-refractivity contribution in [3.63, 3.8) is 0 Å². The summed E-state index contributed by atoms with van der Waals surface area (Å²) >= 11 is 0. The van der Waals surface area contributed by atoms with Gasteiger partial charge in [-0.2, -0.15) is 0 Å². The number of ether oxygens (including phenoxy) is 4. The number of aliphatic hydroxyl groups is 7. The van der Waals surface area contributed by atoms with Gasteiger partial charge in [0.1, 0.15) is 48.8 Å². The molecule has 0 spiro atoms. The standard InChI is InChI=1S/C13H24O11/c1-21-12-9(20)11(6(17)5(3-15)22-12)24-13-8(19)7(18)10(23-13)4(16)2-14/h4-20H,2-3H2,1H3/t4-,5-,6+,7-,8-,9-,10+,11+,12-,13-/m1/s1. The Hall–Kier alpha value is -0.440. The molecule has 0 bridgehead atoms. The van der Waals surface area contributed by atoms with E-state index in [0.717, 1.165) is 0 Å². The van der Waals surface area contributed by atoms with Crippen LogP contribution < -0.4 is 0 Å². The van der Waals surface area contributed by atoms with Crippen LogP contribution in [0.1, 0.15) is 0 Å². The number of methoxy groups -OCH3 is 1. The van der Waals surface area contributed by atoms with Gasteiger partial charge in [-0.3, -0.25) is 0 Å². The molecule has 2 heterocycles. The van der Waals surface area contributed by atoms with Crippen LogP contribution in [-0.4, -0.2) is 117 Å². The van der Waals surface area contributed by atoms with Gasteiger partial charge in [0.15, 0.2) is 12.6 Å². The highest BCUT2D eigenvalue weighted by Gasteiger charge is 2.51. The normalized spacial score (nSPS) is 47.8. The van der Waals surface area contributed by atoms with Crippen molar-refractivity contribution in [2.45, 2.75) is 61.4 Å². The molecule has 10 atom stereocenters. The first-order valence-corrected chi connectivity index (χ1v) is 7.46. The topological polar surface area (TPSA) is 179 Å². The van der Waals surface area contributed by atoms with Crippen LogP contribution >= 0.6 is 0 Å². The lowest BCUT2D eigenvalue weighted by molar-refractivity contribution is -0.327. The average Bonchev–Trinajstić information content (AvgIpc) is 2.86. The maximum Gasteiger partial charge on any atom is 0.187 e. The van der Waals surface area contributed by atoms with E-state index in [1.54, 1.807) is 0 Å². The molecule has 0 saturated carbocycles. The molecular weight excluding hydrogens is 332 g/mol. The number of hydrogen-bond acceptors (Lipinski definition) is 11. The van der Waals surface area contributed by atoms with Crippen LogP contribution in [0.15, 0.2) is 0 Å². The van der Waals surface area contributed by atoms with Gasteiger partial charge in [-0.1, -0.05) is 0 Å². The minimum atomic E-state index is -1.59. The molecule has 7 N–H and O–H groups in total. The number of hydrogen-bond donors (Lipinski definition) is 7. The Kier molecular flexibility index (Phi) is 6.87. The number of aliphatic hydroxyl groups excluding tert-OH is 7. The fourth-order valence-corrected chi connectivity index (χ4v) is 2.77. The highest BCUT2D eigenvalue weighted by atomic mass is 16.7. The van der Waals surface area contributed by atoms with Crippen molar-refractivity contribution in [2.24, 2.45) is 0 Å². The van der Waals surface area contributed by atoms with Gasteiger partial charge in [0.2, 0.25) is 0 Å². The summed E-state index contributed by atoms with van der Waals surface area (Å²) in [7, 11) is 1.25. The lowest BCUT2D eigenvalue weighted by Gasteiger charge is -2.42. The molecule has 11 heteroatoms. The molecule has 2 fully saturated rings. The third-order valence-corrected chi connectivity index (χ3v) is 4.17. The van der Waals surface area contributed by atoms with E-state index in [1.807, 2.05) is 0 Å². The minimum Gasteiger partial charge on any atom is -0.394 e. The van der Waals surface area contributed by atoms with Gasteiger partial charge in [0.05, 0.1) is 13.2 Å². The van der Waals surface area contributed by atoms with Gasteiger partial charge in [-0.25, -0.2) is 0 Å². The fraction of sp³-hybridized carbons (Fsp3) is 1.00. The van der Waals surface area contributed by atoms with Crippen LogP contribution in [0.4, 0.5) is 0 Å². The molecule has 2 aliphatic rings. The van der Waals surface area contributed by atoms with E-state index in [-0.39, 0.29) is 0 Å². The first kappa shape index (κ1) is 19.9. The zero-order valence-corrected chi connectivity index (χ0v) is 13.0. The molecule has 0 radical (unpaired) electrons. The Balaban J connectivity index is 2.10. The molecule has 0 unspecified atom stereocenters. The Bertz CT molecular complexity index is 380. The second-order valence-electron chi connectivity index (χ2n) is 5.74. The van der Waals surface area contributed by atoms with Crippen molar-refractivity contribution >= 4 is 0 Å². The summed E-state index contributed by atoms with van der Waals surface area (Å²) < 4.78 is 20.6. The molecule has 2 rings (SSSR count). The lowest BCUT2D eigenvalue weighted by Crippen LogP contribution is -2.61. The first-order chi connectivity index (χ1) is 11.3. The third-order valence-electron chi connectivity index (χ3n) is 4.17. The molecule has 2 aliphatic heterocycles. The third kappa shape index (κ3) is 3.71. The summed E-state index contributed by atoms with van der Waals surface area (Å²) in [4.78, 5) is 0. The molecule has 11 nitrogen and oxygen atoms in total. The van der Waals surface area contributed by atoms with Crippen LogP contribution in [0.25, 0.3) is 0 Å². The molecule has 0 aromatic heterocycles. The van der Waals surface area contributed by atoms with Crippen molar-refractivity contribution in [1.29, 1.82) is 0 Å². The quantitative estimate of drug-likeness (QED) is 0.243. The van der Waals surface area contributed by atoms with E-state index in [4.69, 9.17) is 24.1 Å². The van der Waals surface area contributed by atoms with Gasteiger partial charge in [0, 0.05) is 7.11 Å². The predicted octanol–water partition coefficient (Wildman–Crippen LogP) is -4.74. The van der Waals surface area contributed by atoms with Crippen molar-refractivity contribution in [3.8, 4) is 0 Å². The van der Waals surface area contributed by atoms with Crippen LogP contribution in [0, 0.1) is 0 Å². The SMILES string of the molecule is CO[C@@H]1O[C@H](CO)[C@H](O)[C@H](O[C@H]2O[C@@H]([C@H](O)CO)[C@H](O)[C@H]2O)[C@H]1O. The van der Waals surface area contributed by atoms with Gasteiger partial charge >= 0.3 is 0 Å². The molecular formula is C13H24O11. The molecule has 0 aliphatic carbocycles. The summed E-state index contributed by atoms with van der Waals surface area (Å²) in [5.41, 5.74) is 0. The van der Waals surface area contributed by atoms with Gasteiger partial charge in [-0.05, 0) is 0 Å². The van der Waals surface area contributed by atoms with Crippen molar-refractivity contribution in [1.82, 2.24) is 0 Å². The van der Waals surface area contributed by atoms with E-state index in [0.29, 0.717) is 0 Å². The maximum absolute atomic E-state index is 10.1. The van der Waals surface area contributed by atoms with Crippen molar-refractivity contribution < 1.29 is 54.7 Å². The van der Waals surface area contributed by atoms with E-state index >= 15 is 0 Å². The highest BCUT2D eigenvalue weighted by molar-refractivity contribution is 4.94. The van der Waals surface area contributed by atoms with Crippen LogP contribution in [0.2, 0.25) is 0 Å². The zero-order valence-electron chi connectivity index (χ0n) is 13.0. The maximum atomic E-state index is 10.1. The van der Waals surface area contributed by atoms with E-state index in [1.165, 1.54) is 7.11 Å². The molecule has 0 aromatic rings. The Morgan fingerprint density at radius 2 is 1.58 bits per heavy atom. The predicted molar refractivity (Wildman–Crippen MR) is 73.4 cm³/mol. The molecule has 142 valence electrons. The molecule has 2 saturated heterocycles. The van der Waals surface area contributed by atoms with Crippen molar-refractivity contribution in [2.75, 3.05) is 20.3 Å². The van der Waals surface area contributed by atoms with E-state index < -0.39 is 74.6 Å². The zero-order chi connectivity index (χ0) is 18.0.